The van der Waals surface area contributed by atoms with Gasteiger partial charge in [0.15, 0.2) is 0 Å². The van der Waals surface area contributed by atoms with Crippen molar-refractivity contribution in [2.75, 3.05) is 11.6 Å². The maximum absolute atomic E-state index is 12.1. The summed E-state index contributed by atoms with van der Waals surface area (Å²) in [7, 11) is 0. The minimum Gasteiger partial charge on any atom is -0.322 e. The first-order chi connectivity index (χ1) is 9.22. The van der Waals surface area contributed by atoms with Crippen LogP contribution in [0.2, 0.25) is 0 Å². The van der Waals surface area contributed by atoms with E-state index in [4.69, 9.17) is 11.6 Å². The predicted molar refractivity (Wildman–Crippen MR) is 82.2 cm³/mol. The Bertz CT molecular complexity index is 586. The molecule has 0 heterocycles. The fraction of sp³-hybridized carbons (Fsp3) is 0.133. The third-order valence-electron chi connectivity index (χ3n) is 2.67. The molecule has 1 amide bonds. The summed E-state index contributed by atoms with van der Waals surface area (Å²) in [6.07, 6.45) is 2.00. The second-order valence-electron chi connectivity index (χ2n) is 4.02. The quantitative estimate of drug-likeness (QED) is 0.668. The highest BCUT2D eigenvalue weighted by Gasteiger charge is 2.06. The Morgan fingerprint density at radius 3 is 2.74 bits per heavy atom. The number of thioether (sulfide) groups is 1. The smallest absolute Gasteiger partial charge is 0.255 e. The molecule has 1 N–H and O–H groups in total. The van der Waals surface area contributed by atoms with Crippen LogP contribution in [0.1, 0.15) is 15.9 Å². The molecule has 2 rings (SSSR count). The average Bonchev–Trinajstić information content (AvgIpc) is 2.47. The van der Waals surface area contributed by atoms with Crippen molar-refractivity contribution in [3.63, 3.8) is 0 Å². The van der Waals surface area contributed by atoms with Crippen LogP contribution in [0.4, 0.5) is 5.69 Å². The van der Waals surface area contributed by atoms with Crippen molar-refractivity contribution in [1.82, 2.24) is 0 Å². The van der Waals surface area contributed by atoms with E-state index in [-0.39, 0.29) is 5.91 Å². The molecule has 0 atom stereocenters. The molecular weight excluding hydrogens is 278 g/mol. The number of rotatable bonds is 4. The van der Waals surface area contributed by atoms with Crippen LogP contribution in [0.3, 0.4) is 0 Å². The van der Waals surface area contributed by atoms with Crippen molar-refractivity contribution < 1.29 is 4.79 Å². The minimum atomic E-state index is -0.120. The Kier molecular flexibility index (Phi) is 4.88. The van der Waals surface area contributed by atoms with Gasteiger partial charge in [-0.15, -0.1) is 23.4 Å². The van der Waals surface area contributed by atoms with E-state index >= 15 is 0 Å². The van der Waals surface area contributed by atoms with Gasteiger partial charge in [-0.3, -0.25) is 4.79 Å². The van der Waals surface area contributed by atoms with Crippen LogP contribution in [0.15, 0.2) is 53.4 Å². The topological polar surface area (TPSA) is 29.1 Å². The van der Waals surface area contributed by atoms with E-state index in [0.29, 0.717) is 11.4 Å². The summed E-state index contributed by atoms with van der Waals surface area (Å²) in [6.45, 7) is 0. The van der Waals surface area contributed by atoms with Crippen molar-refractivity contribution in [2.45, 2.75) is 10.8 Å². The summed E-state index contributed by atoms with van der Waals surface area (Å²) in [5, 5.41) is 2.89. The van der Waals surface area contributed by atoms with Gasteiger partial charge in [0, 0.05) is 22.0 Å². The summed E-state index contributed by atoms with van der Waals surface area (Å²) in [6, 6.07) is 15.1. The van der Waals surface area contributed by atoms with Crippen molar-refractivity contribution >= 4 is 35.0 Å². The maximum atomic E-state index is 12.1. The molecule has 2 aromatic carbocycles. The predicted octanol–water partition coefficient (Wildman–Crippen LogP) is 4.40. The van der Waals surface area contributed by atoms with Gasteiger partial charge in [0.05, 0.1) is 0 Å². The van der Waals surface area contributed by atoms with Crippen molar-refractivity contribution in [3.05, 3.63) is 59.7 Å². The average molecular weight is 292 g/mol. The Balaban J connectivity index is 2.15. The third-order valence-corrected chi connectivity index (χ3v) is 3.71. The molecule has 0 unspecified atom stereocenters. The SMILES string of the molecule is CSc1cccc(NC(=O)c2cccc(CCl)c2)c1. The highest BCUT2D eigenvalue weighted by atomic mass is 35.5. The van der Waals surface area contributed by atoms with E-state index in [0.717, 1.165) is 16.1 Å². The van der Waals surface area contributed by atoms with E-state index in [1.165, 1.54) is 0 Å². The normalized spacial score (nSPS) is 10.2. The van der Waals surface area contributed by atoms with Crippen LogP contribution < -0.4 is 5.32 Å². The first-order valence-electron chi connectivity index (χ1n) is 5.83. The zero-order valence-corrected chi connectivity index (χ0v) is 12.1. The molecule has 0 aliphatic carbocycles. The van der Waals surface area contributed by atoms with Gasteiger partial charge in [-0.1, -0.05) is 18.2 Å². The lowest BCUT2D eigenvalue weighted by Gasteiger charge is -2.07. The van der Waals surface area contributed by atoms with Crippen LogP contribution in [-0.4, -0.2) is 12.2 Å². The van der Waals surface area contributed by atoms with E-state index in [1.54, 1.807) is 23.9 Å². The summed E-state index contributed by atoms with van der Waals surface area (Å²) >= 11 is 7.41. The summed E-state index contributed by atoms with van der Waals surface area (Å²) in [4.78, 5) is 13.2. The van der Waals surface area contributed by atoms with Crippen LogP contribution >= 0.6 is 23.4 Å². The van der Waals surface area contributed by atoms with Gasteiger partial charge in [0.1, 0.15) is 0 Å². The van der Waals surface area contributed by atoms with Crippen LogP contribution in [0, 0.1) is 0 Å². The number of benzene rings is 2. The second-order valence-corrected chi connectivity index (χ2v) is 5.17. The zero-order valence-electron chi connectivity index (χ0n) is 10.5. The van der Waals surface area contributed by atoms with E-state index in [1.807, 2.05) is 42.7 Å². The number of amides is 1. The van der Waals surface area contributed by atoms with Crippen molar-refractivity contribution in [2.24, 2.45) is 0 Å². The van der Waals surface area contributed by atoms with Gasteiger partial charge in [0.2, 0.25) is 0 Å². The Morgan fingerprint density at radius 1 is 1.21 bits per heavy atom. The number of carbonyl (C=O) groups is 1. The molecule has 0 aliphatic heterocycles. The lowest BCUT2D eigenvalue weighted by Crippen LogP contribution is -2.12. The van der Waals surface area contributed by atoms with Gasteiger partial charge in [-0.05, 0) is 42.2 Å². The molecule has 19 heavy (non-hydrogen) atoms. The highest BCUT2D eigenvalue weighted by Crippen LogP contribution is 2.19. The highest BCUT2D eigenvalue weighted by molar-refractivity contribution is 7.98. The molecule has 2 aromatic rings. The van der Waals surface area contributed by atoms with Gasteiger partial charge in [0.25, 0.3) is 5.91 Å². The summed E-state index contributed by atoms with van der Waals surface area (Å²) in [5.74, 6) is 0.286. The molecule has 98 valence electrons. The molecule has 0 spiro atoms. The molecule has 0 saturated carbocycles. The van der Waals surface area contributed by atoms with E-state index < -0.39 is 0 Å². The maximum Gasteiger partial charge on any atom is 0.255 e. The lowest BCUT2D eigenvalue weighted by molar-refractivity contribution is 0.102. The Morgan fingerprint density at radius 2 is 2.00 bits per heavy atom. The summed E-state index contributed by atoms with van der Waals surface area (Å²) < 4.78 is 0. The third kappa shape index (κ3) is 3.75. The number of hydrogen-bond donors (Lipinski definition) is 1. The molecule has 0 aromatic heterocycles. The van der Waals surface area contributed by atoms with Crippen LogP contribution in [0.25, 0.3) is 0 Å². The lowest BCUT2D eigenvalue weighted by atomic mass is 10.1. The molecule has 2 nitrogen and oxygen atoms in total. The first-order valence-corrected chi connectivity index (χ1v) is 7.59. The standard InChI is InChI=1S/C15H14ClNOS/c1-19-14-7-3-6-13(9-14)17-15(18)12-5-2-4-11(8-12)10-16/h2-9H,10H2,1H3,(H,17,18). The molecular formula is C15H14ClNOS. The molecule has 0 saturated heterocycles. The van der Waals surface area contributed by atoms with Crippen molar-refractivity contribution in [1.29, 1.82) is 0 Å². The van der Waals surface area contributed by atoms with E-state index in [9.17, 15) is 4.79 Å². The number of hydrogen-bond acceptors (Lipinski definition) is 2. The Labute approximate surface area is 122 Å². The van der Waals surface area contributed by atoms with Crippen LogP contribution in [0.5, 0.6) is 0 Å². The monoisotopic (exact) mass is 291 g/mol. The number of halogens is 1. The zero-order chi connectivity index (χ0) is 13.7. The first kappa shape index (κ1) is 14.0. The number of anilines is 1. The number of alkyl halides is 1. The minimum absolute atomic E-state index is 0.120. The van der Waals surface area contributed by atoms with E-state index in [2.05, 4.69) is 5.32 Å². The van der Waals surface area contributed by atoms with Crippen LogP contribution in [-0.2, 0) is 5.88 Å². The van der Waals surface area contributed by atoms with Gasteiger partial charge in [-0.25, -0.2) is 0 Å². The molecule has 0 bridgehead atoms. The van der Waals surface area contributed by atoms with Gasteiger partial charge < -0.3 is 5.32 Å². The number of nitrogens with one attached hydrogen (secondary N) is 1. The second kappa shape index (κ2) is 6.64. The molecule has 0 fully saturated rings. The fourth-order valence-electron chi connectivity index (χ4n) is 1.70. The molecule has 0 aliphatic rings. The molecule has 4 heteroatoms. The molecule has 0 radical (unpaired) electrons. The van der Waals surface area contributed by atoms with Gasteiger partial charge in [-0.2, -0.15) is 0 Å². The largest absolute Gasteiger partial charge is 0.322 e. The van der Waals surface area contributed by atoms with Gasteiger partial charge >= 0.3 is 0 Å². The summed E-state index contributed by atoms with van der Waals surface area (Å²) in [5.41, 5.74) is 2.35. The Hall–Kier alpha value is -1.45. The number of carbonyl (C=O) groups excluding carboxylic acids is 1. The van der Waals surface area contributed by atoms with Crippen molar-refractivity contribution in [3.8, 4) is 0 Å². The fourth-order valence-corrected chi connectivity index (χ4v) is 2.33.